The number of rotatable bonds is 3. The molecule has 1 aliphatic carbocycles. The van der Waals surface area contributed by atoms with Gasteiger partial charge in [-0.2, -0.15) is 4.31 Å². The van der Waals surface area contributed by atoms with Gasteiger partial charge in [-0.3, -0.25) is 4.90 Å². The molecule has 1 heterocycles. The van der Waals surface area contributed by atoms with Crippen molar-refractivity contribution >= 4 is 10.0 Å². The summed E-state index contributed by atoms with van der Waals surface area (Å²) < 4.78 is 40.5. The van der Waals surface area contributed by atoms with E-state index in [2.05, 4.69) is 4.90 Å². The molecule has 1 saturated carbocycles. The Bertz CT molecular complexity index is 662. The van der Waals surface area contributed by atoms with Crippen LogP contribution in [0.15, 0.2) is 23.1 Å². The van der Waals surface area contributed by atoms with Crippen LogP contribution in [0.2, 0.25) is 0 Å². The molecule has 2 aliphatic rings. The summed E-state index contributed by atoms with van der Waals surface area (Å²) in [6.07, 6.45) is 7.72. The number of hydrogen-bond acceptors (Lipinski definition) is 3. The van der Waals surface area contributed by atoms with Crippen molar-refractivity contribution in [1.29, 1.82) is 0 Å². The maximum atomic E-state index is 13.3. The quantitative estimate of drug-likeness (QED) is 0.783. The first-order chi connectivity index (χ1) is 11.5. The fourth-order valence-electron chi connectivity index (χ4n) is 3.97. The lowest BCUT2D eigenvalue weighted by Gasteiger charge is -2.38. The second-order valence-electron chi connectivity index (χ2n) is 7.00. The fourth-order valence-corrected chi connectivity index (χ4v) is 5.60. The van der Waals surface area contributed by atoms with Crippen LogP contribution >= 0.6 is 0 Å². The van der Waals surface area contributed by atoms with Gasteiger partial charge in [-0.15, -0.1) is 0 Å². The van der Waals surface area contributed by atoms with Crippen molar-refractivity contribution in [2.45, 2.75) is 56.4 Å². The van der Waals surface area contributed by atoms with E-state index < -0.39 is 15.8 Å². The minimum absolute atomic E-state index is 0.229. The van der Waals surface area contributed by atoms with Crippen molar-refractivity contribution in [3.63, 3.8) is 0 Å². The molecule has 1 aliphatic heterocycles. The Kier molecular flexibility index (Phi) is 5.57. The average molecular weight is 354 g/mol. The summed E-state index contributed by atoms with van der Waals surface area (Å²) in [5.41, 5.74) is 0.473. The number of halogens is 1. The van der Waals surface area contributed by atoms with Gasteiger partial charge >= 0.3 is 0 Å². The lowest BCUT2D eigenvalue weighted by atomic mass is 10.1. The molecule has 4 nitrogen and oxygen atoms in total. The van der Waals surface area contributed by atoms with E-state index >= 15 is 0 Å². The summed E-state index contributed by atoms with van der Waals surface area (Å²) in [5.74, 6) is -0.398. The van der Waals surface area contributed by atoms with E-state index in [9.17, 15) is 12.8 Å². The second kappa shape index (κ2) is 7.50. The van der Waals surface area contributed by atoms with Crippen LogP contribution in [-0.4, -0.2) is 49.8 Å². The van der Waals surface area contributed by atoms with E-state index in [0.29, 0.717) is 24.7 Å². The minimum atomic E-state index is -3.53. The summed E-state index contributed by atoms with van der Waals surface area (Å²) in [7, 11) is -3.53. The molecule has 0 spiro atoms. The molecule has 0 bridgehead atoms. The lowest BCUT2D eigenvalue weighted by Crippen LogP contribution is -2.51. The Morgan fingerprint density at radius 3 is 2.21 bits per heavy atom. The zero-order chi connectivity index (χ0) is 17.2. The molecule has 0 amide bonds. The Morgan fingerprint density at radius 1 is 1.00 bits per heavy atom. The van der Waals surface area contributed by atoms with Crippen molar-refractivity contribution in [2.24, 2.45) is 0 Å². The van der Waals surface area contributed by atoms with Gasteiger partial charge in [0, 0.05) is 32.2 Å². The number of nitrogens with zero attached hydrogens (tertiary/aromatic N) is 2. The van der Waals surface area contributed by atoms with E-state index in [1.54, 1.807) is 11.2 Å². The minimum Gasteiger partial charge on any atom is -0.298 e. The summed E-state index contributed by atoms with van der Waals surface area (Å²) in [5, 5.41) is 0. The van der Waals surface area contributed by atoms with Gasteiger partial charge in [0.15, 0.2) is 0 Å². The highest BCUT2D eigenvalue weighted by Gasteiger charge is 2.31. The number of sulfonamides is 1. The Labute approximate surface area is 144 Å². The molecular formula is C18H27FN2O2S. The van der Waals surface area contributed by atoms with Gasteiger partial charge in [-0.05, 0) is 43.5 Å². The van der Waals surface area contributed by atoms with Crippen LogP contribution in [0, 0.1) is 12.7 Å². The zero-order valence-corrected chi connectivity index (χ0v) is 15.2. The highest BCUT2D eigenvalue weighted by atomic mass is 32.2. The lowest BCUT2D eigenvalue weighted by molar-refractivity contribution is 0.126. The zero-order valence-electron chi connectivity index (χ0n) is 14.4. The number of hydrogen-bond donors (Lipinski definition) is 0. The fraction of sp³-hybridized carbons (Fsp3) is 0.667. The van der Waals surface area contributed by atoms with Crippen LogP contribution in [-0.2, 0) is 10.0 Å². The molecule has 2 fully saturated rings. The summed E-state index contributed by atoms with van der Waals surface area (Å²) in [6, 6.07) is 4.51. The van der Waals surface area contributed by atoms with Crippen molar-refractivity contribution < 1.29 is 12.8 Å². The highest BCUT2D eigenvalue weighted by molar-refractivity contribution is 7.89. The van der Waals surface area contributed by atoms with Crippen LogP contribution in [0.3, 0.4) is 0 Å². The smallest absolute Gasteiger partial charge is 0.243 e. The number of piperazine rings is 1. The van der Waals surface area contributed by atoms with Gasteiger partial charge in [0.05, 0.1) is 4.90 Å². The molecular weight excluding hydrogens is 327 g/mol. The third kappa shape index (κ3) is 3.81. The SMILES string of the molecule is Cc1cc(F)ccc1S(=O)(=O)N1CCN(C2CCCCCC2)CC1. The normalized spacial score (nSPS) is 22.4. The molecule has 1 aromatic carbocycles. The molecule has 1 aromatic rings. The Balaban J connectivity index is 1.67. The van der Waals surface area contributed by atoms with Gasteiger partial charge in [0.2, 0.25) is 10.0 Å². The molecule has 0 N–H and O–H groups in total. The maximum absolute atomic E-state index is 13.3. The van der Waals surface area contributed by atoms with Gasteiger partial charge < -0.3 is 0 Å². The predicted molar refractivity (Wildman–Crippen MR) is 93.0 cm³/mol. The first kappa shape index (κ1) is 17.8. The molecule has 6 heteroatoms. The van der Waals surface area contributed by atoms with Gasteiger partial charge in [0.1, 0.15) is 5.82 Å². The van der Waals surface area contributed by atoms with Crippen LogP contribution < -0.4 is 0 Å². The Morgan fingerprint density at radius 2 is 1.62 bits per heavy atom. The summed E-state index contributed by atoms with van der Waals surface area (Å²) in [6.45, 7) is 4.29. The molecule has 134 valence electrons. The van der Waals surface area contributed by atoms with Crippen molar-refractivity contribution in [3.05, 3.63) is 29.6 Å². The van der Waals surface area contributed by atoms with Gasteiger partial charge in [-0.1, -0.05) is 25.7 Å². The van der Waals surface area contributed by atoms with E-state index in [4.69, 9.17) is 0 Å². The second-order valence-corrected chi connectivity index (χ2v) is 8.90. The first-order valence-electron chi connectivity index (χ1n) is 8.99. The van der Waals surface area contributed by atoms with Crippen LogP contribution in [0.5, 0.6) is 0 Å². The molecule has 0 atom stereocenters. The van der Waals surface area contributed by atoms with E-state index in [1.165, 1.54) is 56.7 Å². The molecule has 1 saturated heterocycles. The van der Waals surface area contributed by atoms with Gasteiger partial charge in [-0.25, -0.2) is 12.8 Å². The number of aryl methyl sites for hydroxylation is 1. The van der Waals surface area contributed by atoms with Crippen molar-refractivity contribution in [3.8, 4) is 0 Å². The summed E-state index contributed by atoms with van der Waals surface area (Å²) in [4.78, 5) is 2.70. The van der Waals surface area contributed by atoms with E-state index in [1.807, 2.05) is 0 Å². The molecule has 24 heavy (non-hydrogen) atoms. The number of benzene rings is 1. The van der Waals surface area contributed by atoms with E-state index in [0.717, 1.165) is 13.1 Å². The molecule has 0 aromatic heterocycles. The van der Waals surface area contributed by atoms with Gasteiger partial charge in [0.25, 0.3) is 0 Å². The monoisotopic (exact) mass is 354 g/mol. The van der Waals surface area contributed by atoms with Crippen LogP contribution in [0.1, 0.15) is 44.1 Å². The molecule has 3 rings (SSSR count). The van der Waals surface area contributed by atoms with Crippen molar-refractivity contribution in [2.75, 3.05) is 26.2 Å². The third-order valence-electron chi connectivity index (χ3n) is 5.37. The topological polar surface area (TPSA) is 40.6 Å². The largest absolute Gasteiger partial charge is 0.298 e. The third-order valence-corrected chi connectivity index (χ3v) is 7.43. The van der Waals surface area contributed by atoms with Crippen molar-refractivity contribution in [1.82, 2.24) is 9.21 Å². The molecule has 0 radical (unpaired) electrons. The van der Waals surface area contributed by atoms with E-state index in [-0.39, 0.29) is 4.90 Å². The summed E-state index contributed by atoms with van der Waals surface area (Å²) >= 11 is 0. The standard InChI is InChI=1S/C18H27FN2O2S/c1-15-14-16(19)8-9-18(15)24(22,23)21-12-10-20(11-13-21)17-6-4-2-3-5-7-17/h8-9,14,17H,2-7,10-13H2,1H3. The Hall–Kier alpha value is -0.980. The first-order valence-corrected chi connectivity index (χ1v) is 10.4. The molecule has 0 unspecified atom stereocenters. The average Bonchev–Trinajstić information content (AvgIpc) is 2.84. The maximum Gasteiger partial charge on any atom is 0.243 e. The highest BCUT2D eigenvalue weighted by Crippen LogP contribution is 2.25. The van der Waals surface area contributed by atoms with Crippen LogP contribution in [0.25, 0.3) is 0 Å². The predicted octanol–water partition coefficient (Wildman–Crippen LogP) is 3.16. The van der Waals surface area contributed by atoms with Crippen LogP contribution in [0.4, 0.5) is 4.39 Å².